The molecule has 0 amide bonds. The van der Waals surface area contributed by atoms with E-state index in [1.54, 1.807) is 0 Å². The maximum atomic E-state index is 11.2. The second kappa shape index (κ2) is 5.81. The zero-order valence-electron chi connectivity index (χ0n) is 12.4. The Morgan fingerprint density at radius 3 is 2.50 bits per heavy atom. The van der Waals surface area contributed by atoms with Crippen LogP contribution in [0.5, 0.6) is 0 Å². The van der Waals surface area contributed by atoms with Gasteiger partial charge in [0.15, 0.2) is 6.23 Å². The lowest BCUT2D eigenvalue weighted by atomic mass is 9.96. The molecule has 0 fully saturated rings. The van der Waals surface area contributed by atoms with Gasteiger partial charge in [-0.1, -0.05) is 43.3 Å². The highest BCUT2D eigenvalue weighted by atomic mass is 16.4. The average Bonchev–Trinajstić information content (AvgIpc) is 2.86. The van der Waals surface area contributed by atoms with Crippen LogP contribution in [0.3, 0.4) is 0 Å². The topological polar surface area (TPSA) is 60.8 Å². The molecule has 2 N–H and O–H groups in total. The van der Waals surface area contributed by atoms with Crippen molar-refractivity contribution < 1.29 is 15.0 Å². The van der Waals surface area contributed by atoms with Crippen LogP contribution < -0.4 is 4.90 Å². The summed E-state index contributed by atoms with van der Waals surface area (Å²) in [6.45, 7) is 2.53. The summed E-state index contributed by atoms with van der Waals surface area (Å²) < 4.78 is 0. The van der Waals surface area contributed by atoms with E-state index in [4.69, 9.17) is 0 Å². The van der Waals surface area contributed by atoms with Crippen LogP contribution in [0.1, 0.15) is 42.2 Å². The van der Waals surface area contributed by atoms with Crippen LogP contribution >= 0.6 is 0 Å². The van der Waals surface area contributed by atoms with Gasteiger partial charge in [-0.3, -0.25) is 4.79 Å². The largest absolute Gasteiger partial charge is 0.481 e. The Morgan fingerprint density at radius 2 is 1.91 bits per heavy atom. The molecule has 4 heteroatoms. The molecule has 0 aliphatic carbocycles. The fourth-order valence-electron chi connectivity index (χ4n) is 3.05. The van der Waals surface area contributed by atoms with E-state index in [1.807, 2.05) is 60.4 Å². The van der Waals surface area contributed by atoms with Crippen LogP contribution in [0.4, 0.5) is 5.69 Å². The molecule has 2 aromatic carbocycles. The van der Waals surface area contributed by atoms with Crippen molar-refractivity contribution in [2.24, 2.45) is 0 Å². The van der Waals surface area contributed by atoms with Gasteiger partial charge in [-0.25, -0.2) is 0 Å². The zero-order chi connectivity index (χ0) is 15.7. The number of aliphatic hydroxyl groups is 1. The number of hydrogen-bond donors (Lipinski definition) is 2. The first-order valence-electron chi connectivity index (χ1n) is 7.47. The van der Waals surface area contributed by atoms with Crippen LogP contribution in [0.2, 0.25) is 0 Å². The minimum Gasteiger partial charge on any atom is -0.481 e. The summed E-state index contributed by atoms with van der Waals surface area (Å²) in [5, 5.41) is 19.7. The van der Waals surface area contributed by atoms with Gasteiger partial charge in [-0.2, -0.15) is 0 Å². The highest BCUT2D eigenvalue weighted by Crippen LogP contribution is 2.36. The maximum Gasteiger partial charge on any atom is 0.310 e. The van der Waals surface area contributed by atoms with Gasteiger partial charge < -0.3 is 15.1 Å². The van der Waals surface area contributed by atoms with E-state index >= 15 is 0 Å². The number of carbonyl (C=O) groups is 1. The summed E-state index contributed by atoms with van der Waals surface area (Å²) in [5.41, 5.74) is 3.75. The summed E-state index contributed by atoms with van der Waals surface area (Å²) in [4.78, 5) is 13.1. The highest BCUT2D eigenvalue weighted by molar-refractivity contribution is 5.76. The molecule has 2 aromatic rings. The number of fused-ring (bicyclic) bond motifs is 1. The average molecular weight is 297 g/mol. The third-order valence-corrected chi connectivity index (χ3v) is 4.30. The van der Waals surface area contributed by atoms with Crippen LogP contribution in [-0.4, -0.2) is 16.2 Å². The Labute approximate surface area is 129 Å². The molecule has 4 nitrogen and oxygen atoms in total. The summed E-state index contributed by atoms with van der Waals surface area (Å²) in [6, 6.07) is 15.3. The number of aliphatic carboxylic acids is 1. The maximum absolute atomic E-state index is 11.2. The minimum absolute atomic E-state index is 0.477. The lowest BCUT2D eigenvalue weighted by Crippen LogP contribution is -2.21. The lowest BCUT2D eigenvalue weighted by molar-refractivity contribution is -0.138. The summed E-state index contributed by atoms with van der Waals surface area (Å²) in [6.07, 6.45) is -0.0876. The number of benzene rings is 2. The Morgan fingerprint density at radius 1 is 1.23 bits per heavy atom. The Hall–Kier alpha value is -2.33. The quantitative estimate of drug-likeness (QED) is 0.909. The third-order valence-electron chi connectivity index (χ3n) is 4.30. The molecule has 0 saturated heterocycles. The van der Waals surface area contributed by atoms with Crippen LogP contribution in [-0.2, 0) is 11.3 Å². The monoisotopic (exact) mass is 297 g/mol. The van der Waals surface area contributed by atoms with Crippen molar-refractivity contribution in [3.05, 3.63) is 65.2 Å². The van der Waals surface area contributed by atoms with E-state index < -0.39 is 18.1 Å². The number of anilines is 1. The van der Waals surface area contributed by atoms with Crippen molar-refractivity contribution >= 4 is 11.7 Å². The van der Waals surface area contributed by atoms with Crippen molar-refractivity contribution in [2.75, 3.05) is 4.90 Å². The van der Waals surface area contributed by atoms with Gasteiger partial charge in [0.05, 0.1) is 5.92 Å². The molecule has 0 saturated carbocycles. The van der Waals surface area contributed by atoms with E-state index in [1.165, 1.54) is 0 Å². The van der Waals surface area contributed by atoms with Crippen molar-refractivity contribution in [1.29, 1.82) is 0 Å². The van der Waals surface area contributed by atoms with Crippen LogP contribution in [0.25, 0.3) is 0 Å². The SMILES string of the molecule is CCC(C(=O)O)c1ccc(N2Cc3ccccc3C2O)cc1. The first kappa shape index (κ1) is 14.6. The molecular formula is C18H19NO3. The van der Waals surface area contributed by atoms with Gasteiger partial charge in [-0.05, 0) is 29.7 Å². The van der Waals surface area contributed by atoms with Gasteiger partial charge in [-0.15, -0.1) is 0 Å². The molecular weight excluding hydrogens is 278 g/mol. The number of nitrogens with zero attached hydrogens (tertiary/aromatic N) is 1. The van der Waals surface area contributed by atoms with Gasteiger partial charge in [0.1, 0.15) is 0 Å². The predicted octanol–water partition coefficient (Wildman–Crippen LogP) is 3.28. The van der Waals surface area contributed by atoms with Crippen LogP contribution in [0.15, 0.2) is 48.5 Å². The van der Waals surface area contributed by atoms with Crippen molar-refractivity contribution in [2.45, 2.75) is 32.0 Å². The molecule has 0 spiro atoms. The Bertz CT molecular complexity index is 681. The predicted molar refractivity (Wildman–Crippen MR) is 84.7 cm³/mol. The summed E-state index contributed by atoms with van der Waals surface area (Å²) in [7, 11) is 0. The smallest absolute Gasteiger partial charge is 0.310 e. The van der Waals surface area contributed by atoms with Crippen LogP contribution in [0, 0.1) is 0 Å². The molecule has 114 valence electrons. The molecule has 0 radical (unpaired) electrons. The van der Waals surface area contributed by atoms with E-state index in [2.05, 4.69) is 0 Å². The molecule has 1 heterocycles. The molecule has 0 bridgehead atoms. The minimum atomic E-state index is -0.802. The summed E-state index contributed by atoms with van der Waals surface area (Å²) in [5.74, 6) is -1.28. The van der Waals surface area contributed by atoms with Gasteiger partial charge in [0.2, 0.25) is 0 Å². The number of carboxylic acid groups (broad SMARTS) is 1. The number of aliphatic hydroxyl groups excluding tert-OH is 1. The second-order valence-corrected chi connectivity index (χ2v) is 5.59. The van der Waals surface area contributed by atoms with Crippen molar-refractivity contribution in [3.63, 3.8) is 0 Å². The van der Waals surface area contributed by atoms with E-state index in [0.717, 1.165) is 22.4 Å². The molecule has 2 atom stereocenters. The molecule has 22 heavy (non-hydrogen) atoms. The highest BCUT2D eigenvalue weighted by Gasteiger charge is 2.28. The zero-order valence-corrected chi connectivity index (χ0v) is 12.4. The fourth-order valence-corrected chi connectivity index (χ4v) is 3.05. The van der Waals surface area contributed by atoms with E-state index in [-0.39, 0.29) is 0 Å². The number of hydrogen-bond acceptors (Lipinski definition) is 3. The lowest BCUT2D eigenvalue weighted by Gasteiger charge is -2.23. The van der Waals surface area contributed by atoms with Crippen molar-refractivity contribution in [3.8, 4) is 0 Å². The first-order valence-corrected chi connectivity index (χ1v) is 7.47. The molecule has 1 aliphatic rings. The Kier molecular flexibility index (Phi) is 3.86. The van der Waals surface area contributed by atoms with Gasteiger partial charge >= 0.3 is 5.97 Å². The molecule has 0 aromatic heterocycles. The normalized spacial score (nSPS) is 18.1. The van der Waals surface area contributed by atoms with Gasteiger partial charge in [0.25, 0.3) is 0 Å². The van der Waals surface area contributed by atoms with Gasteiger partial charge in [0, 0.05) is 17.8 Å². The number of carboxylic acids is 1. The molecule has 1 aliphatic heterocycles. The molecule has 3 rings (SSSR count). The van der Waals surface area contributed by atoms with E-state index in [0.29, 0.717) is 13.0 Å². The summed E-state index contributed by atoms with van der Waals surface area (Å²) >= 11 is 0. The van der Waals surface area contributed by atoms with Crippen molar-refractivity contribution in [1.82, 2.24) is 0 Å². The fraction of sp³-hybridized carbons (Fsp3) is 0.278. The first-order chi connectivity index (χ1) is 10.6. The van der Waals surface area contributed by atoms with E-state index in [9.17, 15) is 15.0 Å². The second-order valence-electron chi connectivity index (χ2n) is 5.59. The Balaban J connectivity index is 1.84. The number of rotatable bonds is 4. The third kappa shape index (κ3) is 2.46. The standard InChI is InChI=1S/C18H19NO3/c1-2-15(18(21)22)12-7-9-14(10-8-12)19-11-13-5-3-4-6-16(13)17(19)20/h3-10,15,17,20H,2,11H2,1H3,(H,21,22). The molecule has 2 unspecified atom stereocenters.